The van der Waals surface area contributed by atoms with Crippen molar-refractivity contribution in [1.29, 1.82) is 5.26 Å². The standard InChI is InChI=1S/C16H14FN7O3/c1-24-12(20-14(26)27)11(22-23-24)10-9(17)2-8(3-19-10)13(25)21-16-4-15(5-16,6-16)7-18/h2-3,20H,4-6H2,1H3,(H,21,25)(H,26,27). The van der Waals surface area contributed by atoms with Gasteiger partial charge in [-0.3, -0.25) is 15.1 Å². The van der Waals surface area contributed by atoms with E-state index in [4.69, 9.17) is 10.4 Å². The van der Waals surface area contributed by atoms with Crippen molar-refractivity contribution in [1.82, 2.24) is 25.3 Å². The lowest BCUT2D eigenvalue weighted by Crippen LogP contribution is -2.74. The van der Waals surface area contributed by atoms with Gasteiger partial charge < -0.3 is 10.4 Å². The molecule has 2 aromatic heterocycles. The van der Waals surface area contributed by atoms with Gasteiger partial charge in [0.1, 0.15) is 5.69 Å². The third-order valence-electron chi connectivity index (χ3n) is 5.03. The van der Waals surface area contributed by atoms with E-state index in [9.17, 15) is 14.0 Å². The van der Waals surface area contributed by atoms with E-state index < -0.39 is 17.8 Å². The van der Waals surface area contributed by atoms with Crippen LogP contribution in [0.1, 0.15) is 29.6 Å². The second-order valence-corrected chi connectivity index (χ2v) is 7.05. The molecular formula is C16H14FN7O3. The van der Waals surface area contributed by atoms with Crippen LogP contribution in [-0.2, 0) is 7.05 Å². The number of nitriles is 1. The minimum absolute atomic E-state index is 0.0311. The van der Waals surface area contributed by atoms with Gasteiger partial charge in [0.2, 0.25) is 0 Å². The first kappa shape index (κ1) is 16.9. The molecule has 0 spiro atoms. The molecule has 0 radical (unpaired) electrons. The van der Waals surface area contributed by atoms with Gasteiger partial charge in [0.05, 0.1) is 17.0 Å². The molecule has 0 aliphatic heterocycles. The number of carbonyl (C=O) groups excluding carboxylic acids is 1. The van der Waals surface area contributed by atoms with Crippen molar-refractivity contribution in [2.24, 2.45) is 12.5 Å². The summed E-state index contributed by atoms with van der Waals surface area (Å²) < 4.78 is 15.7. The van der Waals surface area contributed by atoms with E-state index in [-0.39, 0.29) is 33.7 Å². The van der Waals surface area contributed by atoms with Crippen molar-refractivity contribution < 1.29 is 19.1 Å². The lowest BCUT2D eigenvalue weighted by atomic mass is 9.40. The monoisotopic (exact) mass is 371 g/mol. The molecular weight excluding hydrogens is 357 g/mol. The first-order chi connectivity index (χ1) is 12.8. The summed E-state index contributed by atoms with van der Waals surface area (Å²) in [6, 6.07) is 3.27. The van der Waals surface area contributed by atoms with Gasteiger partial charge in [0, 0.05) is 18.8 Å². The molecule has 0 atom stereocenters. The van der Waals surface area contributed by atoms with Crippen molar-refractivity contribution in [3.63, 3.8) is 0 Å². The number of nitrogens with one attached hydrogen (secondary N) is 2. The third kappa shape index (κ3) is 2.57. The highest BCUT2D eigenvalue weighted by molar-refractivity contribution is 5.95. The predicted octanol–water partition coefficient (Wildman–Crippen LogP) is 1.28. The average molecular weight is 371 g/mol. The fourth-order valence-electron chi connectivity index (χ4n) is 3.85. The molecule has 138 valence electrons. The summed E-state index contributed by atoms with van der Waals surface area (Å²) in [5, 5.41) is 30.2. The van der Waals surface area contributed by atoms with Gasteiger partial charge >= 0.3 is 6.09 Å². The van der Waals surface area contributed by atoms with E-state index >= 15 is 0 Å². The number of anilines is 1. The molecule has 5 rings (SSSR count). The van der Waals surface area contributed by atoms with Gasteiger partial charge in [-0.1, -0.05) is 5.21 Å². The second-order valence-electron chi connectivity index (χ2n) is 7.05. The summed E-state index contributed by atoms with van der Waals surface area (Å²) in [6.07, 6.45) is 1.67. The van der Waals surface area contributed by atoms with Crippen LogP contribution in [0, 0.1) is 22.6 Å². The van der Waals surface area contributed by atoms with Gasteiger partial charge in [-0.15, -0.1) is 5.10 Å². The van der Waals surface area contributed by atoms with Crippen LogP contribution in [0.2, 0.25) is 0 Å². The molecule has 3 aliphatic rings. The lowest BCUT2D eigenvalue weighted by Gasteiger charge is -2.66. The van der Waals surface area contributed by atoms with Gasteiger partial charge in [-0.05, 0) is 25.3 Å². The summed E-state index contributed by atoms with van der Waals surface area (Å²) >= 11 is 0. The first-order valence-corrected chi connectivity index (χ1v) is 8.06. The number of hydrogen-bond donors (Lipinski definition) is 3. The predicted molar refractivity (Wildman–Crippen MR) is 87.9 cm³/mol. The Morgan fingerprint density at radius 2 is 2.07 bits per heavy atom. The number of aromatic nitrogens is 4. The molecule has 3 N–H and O–H groups in total. The van der Waals surface area contributed by atoms with Crippen LogP contribution < -0.4 is 10.6 Å². The Kier molecular flexibility index (Phi) is 3.42. The summed E-state index contributed by atoms with van der Waals surface area (Å²) in [6.45, 7) is 0. The molecule has 2 heterocycles. The molecule has 2 amide bonds. The number of carboxylic acid groups (broad SMARTS) is 1. The number of aryl methyl sites for hydroxylation is 1. The minimum Gasteiger partial charge on any atom is -0.465 e. The molecule has 10 nitrogen and oxygen atoms in total. The van der Waals surface area contributed by atoms with Gasteiger partial charge in [-0.25, -0.2) is 13.9 Å². The smallest absolute Gasteiger partial charge is 0.410 e. The first-order valence-electron chi connectivity index (χ1n) is 8.06. The van der Waals surface area contributed by atoms with Crippen LogP contribution in [-0.4, -0.2) is 42.6 Å². The Bertz CT molecular complexity index is 1010. The highest BCUT2D eigenvalue weighted by Gasteiger charge is 2.69. The minimum atomic E-state index is -1.35. The third-order valence-corrected chi connectivity index (χ3v) is 5.03. The normalized spacial score (nSPS) is 24.9. The zero-order valence-corrected chi connectivity index (χ0v) is 14.2. The number of nitrogens with zero attached hydrogens (tertiary/aromatic N) is 5. The van der Waals surface area contributed by atoms with Crippen LogP contribution in [0.25, 0.3) is 11.4 Å². The van der Waals surface area contributed by atoms with E-state index in [1.165, 1.54) is 13.2 Å². The van der Waals surface area contributed by atoms with E-state index in [1.54, 1.807) is 0 Å². The van der Waals surface area contributed by atoms with Crippen LogP contribution in [0.3, 0.4) is 0 Å². The van der Waals surface area contributed by atoms with Crippen LogP contribution in [0.4, 0.5) is 15.0 Å². The average Bonchev–Trinajstić information content (AvgIpc) is 2.89. The summed E-state index contributed by atoms with van der Waals surface area (Å²) in [4.78, 5) is 27.2. The van der Waals surface area contributed by atoms with E-state index in [0.717, 1.165) is 10.7 Å². The number of amides is 2. The molecule has 3 aliphatic carbocycles. The fourth-order valence-corrected chi connectivity index (χ4v) is 3.85. The maximum absolute atomic E-state index is 14.5. The molecule has 11 heteroatoms. The van der Waals surface area contributed by atoms with E-state index in [2.05, 4.69) is 32.0 Å². The van der Waals surface area contributed by atoms with Crippen LogP contribution in [0.15, 0.2) is 12.3 Å². The quantitative estimate of drug-likeness (QED) is 0.734. The maximum Gasteiger partial charge on any atom is 0.410 e. The Morgan fingerprint density at radius 3 is 2.67 bits per heavy atom. The van der Waals surface area contributed by atoms with Crippen LogP contribution >= 0.6 is 0 Å². The highest BCUT2D eigenvalue weighted by atomic mass is 19.1. The number of rotatable bonds is 4. The van der Waals surface area contributed by atoms with Crippen molar-refractivity contribution in [3.05, 3.63) is 23.6 Å². The Morgan fingerprint density at radius 1 is 1.37 bits per heavy atom. The SMILES string of the molecule is Cn1nnc(-c2ncc(C(=O)NC34CC(C#N)(C3)C4)cc2F)c1NC(=O)O. The molecule has 0 unspecified atom stereocenters. The Balaban J connectivity index is 1.55. The molecule has 2 aromatic rings. The van der Waals surface area contributed by atoms with Crippen molar-refractivity contribution >= 4 is 17.8 Å². The molecule has 0 saturated heterocycles. The van der Waals surface area contributed by atoms with Gasteiger partial charge in [0.15, 0.2) is 17.3 Å². The van der Waals surface area contributed by atoms with Crippen molar-refractivity contribution in [3.8, 4) is 17.5 Å². The van der Waals surface area contributed by atoms with Gasteiger partial charge in [0.25, 0.3) is 5.91 Å². The topological polar surface area (TPSA) is 146 Å². The van der Waals surface area contributed by atoms with Crippen molar-refractivity contribution in [2.45, 2.75) is 24.8 Å². The van der Waals surface area contributed by atoms with Gasteiger partial charge in [-0.2, -0.15) is 5.26 Å². The Labute approximate surface area is 152 Å². The molecule has 3 fully saturated rings. The molecule has 3 saturated carbocycles. The van der Waals surface area contributed by atoms with Crippen molar-refractivity contribution in [2.75, 3.05) is 5.32 Å². The van der Waals surface area contributed by atoms with Crippen LogP contribution in [0.5, 0.6) is 0 Å². The largest absolute Gasteiger partial charge is 0.465 e. The molecule has 0 aromatic carbocycles. The number of hydrogen-bond acceptors (Lipinski definition) is 6. The summed E-state index contributed by atoms with van der Waals surface area (Å²) in [7, 11) is 1.44. The lowest BCUT2D eigenvalue weighted by molar-refractivity contribution is -0.102. The Hall–Kier alpha value is -3.55. The number of halogens is 1. The highest BCUT2D eigenvalue weighted by Crippen LogP contribution is 2.66. The van der Waals surface area contributed by atoms with E-state index in [0.29, 0.717) is 19.3 Å². The number of carbonyl (C=O) groups is 2. The summed E-state index contributed by atoms with van der Waals surface area (Å²) in [5.41, 5.74) is -0.952. The molecule has 2 bridgehead atoms. The number of pyridine rings is 1. The fraction of sp³-hybridized carbons (Fsp3) is 0.375. The molecule has 27 heavy (non-hydrogen) atoms. The second kappa shape index (κ2) is 5.47. The zero-order valence-electron chi connectivity index (χ0n) is 14.2. The van der Waals surface area contributed by atoms with E-state index in [1.807, 2.05) is 0 Å². The maximum atomic E-state index is 14.5. The zero-order chi connectivity index (χ0) is 19.4. The summed E-state index contributed by atoms with van der Waals surface area (Å²) in [5.74, 6) is -1.34.